The summed E-state index contributed by atoms with van der Waals surface area (Å²) in [6.07, 6.45) is 7.70. The van der Waals surface area contributed by atoms with Crippen LogP contribution in [0.25, 0.3) is 0 Å². The fourth-order valence-electron chi connectivity index (χ4n) is 2.94. The normalized spacial score (nSPS) is 18.7. The van der Waals surface area contributed by atoms with Gasteiger partial charge >= 0.3 is 0 Å². The average Bonchev–Trinajstić information content (AvgIpc) is 2.51. The third-order valence-electron chi connectivity index (χ3n) is 4.20. The van der Waals surface area contributed by atoms with Gasteiger partial charge in [0.25, 0.3) is 0 Å². The first kappa shape index (κ1) is 16.0. The first-order valence-electron chi connectivity index (χ1n) is 8.25. The monoisotopic (exact) mass is 289 g/mol. The number of nitrogens with zero attached hydrogens (tertiary/aromatic N) is 1. The Kier molecular flexibility index (Phi) is 6.74. The maximum Gasteiger partial charge on any atom is 0.222 e. The van der Waals surface area contributed by atoms with Crippen LogP contribution >= 0.6 is 0 Å². The van der Waals surface area contributed by atoms with Crippen molar-refractivity contribution in [3.8, 4) is 0 Å². The SMILES string of the molecule is O=C(CCCCCCc1ccccc1)N1CCCC(O)C1. The average molecular weight is 289 g/mol. The number of hydrogen-bond acceptors (Lipinski definition) is 2. The van der Waals surface area contributed by atoms with Gasteiger partial charge in [-0.2, -0.15) is 0 Å². The van der Waals surface area contributed by atoms with Gasteiger partial charge in [0.2, 0.25) is 5.91 Å². The highest BCUT2D eigenvalue weighted by atomic mass is 16.3. The summed E-state index contributed by atoms with van der Waals surface area (Å²) in [6.45, 7) is 1.36. The molecule has 1 atom stereocenters. The zero-order chi connectivity index (χ0) is 14.9. The van der Waals surface area contributed by atoms with E-state index >= 15 is 0 Å². The number of β-amino-alcohol motifs (C(OH)–C–C–N with tert-alkyl or cyclic N) is 1. The van der Waals surface area contributed by atoms with Crippen molar-refractivity contribution in [3.05, 3.63) is 35.9 Å². The van der Waals surface area contributed by atoms with E-state index in [0.717, 1.165) is 38.6 Å². The molecule has 3 nitrogen and oxygen atoms in total. The minimum atomic E-state index is -0.312. The second-order valence-electron chi connectivity index (χ2n) is 6.04. The van der Waals surface area contributed by atoms with E-state index in [1.807, 2.05) is 11.0 Å². The molecule has 1 fully saturated rings. The van der Waals surface area contributed by atoms with Gasteiger partial charge in [0, 0.05) is 19.5 Å². The fourth-order valence-corrected chi connectivity index (χ4v) is 2.94. The molecule has 1 aromatic rings. The molecule has 0 radical (unpaired) electrons. The van der Waals surface area contributed by atoms with Crippen molar-refractivity contribution in [2.75, 3.05) is 13.1 Å². The summed E-state index contributed by atoms with van der Waals surface area (Å²) < 4.78 is 0. The van der Waals surface area contributed by atoms with Crippen LogP contribution in [0.2, 0.25) is 0 Å². The number of likely N-dealkylation sites (tertiary alicyclic amines) is 1. The van der Waals surface area contributed by atoms with E-state index in [0.29, 0.717) is 13.0 Å². The number of hydrogen-bond donors (Lipinski definition) is 1. The van der Waals surface area contributed by atoms with Crippen molar-refractivity contribution in [3.63, 3.8) is 0 Å². The molecule has 3 heteroatoms. The number of carbonyl (C=O) groups excluding carboxylic acids is 1. The molecule has 0 saturated carbocycles. The second-order valence-corrected chi connectivity index (χ2v) is 6.04. The molecular weight excluding hydrogens is 262 g/mol. The predicted molar refractivity (Wildman–Crippen MR) is 85.1 cm³/mol. The van der Waals surface area contributed by atoms with Crippen molar-refractivity contribution >= 4 is 5.91 Å². The first-order valence-corrected chi connectivity index (χ1v) is 8.25. The van der Waals surface area contributed by atoms with E-state index in [4.69, 9.17) is 0 Å². The minimum Gasteiger partial charge on any atom is -0.391 e. The van der Waals surface area contributed by atoms with Crippen LogP contribution in [0.5, 0.6) is 0 Å². The molecule has 0 aliphatic carbocycles. The molecule has 116 valence electrons. The van der Waals surface area contributed by atoms with Crippen LogP contribution < -0.4 is 0 Å². The van der Waals surface area contributed by atoms with Gasteiger partial charge in [-0.05, 0) is 37.7 Å². The lowest BCUT2D eigenvalue weighted by Gasteiger charge is -2.30. The Hall–Kier alpha value is -1.35. The lowest BCUT2D eigenvalue weighted by atomic mass is 10.0. The van der Waals surface area contributed by atoms with Crippen molar-refractivity contribution in [2.24, 2.45) is 0 Å². The smallest absolute Gasteiger partial charge is 0.222 e. The summed E-state index contributed by atoms with van der Waals surface area (Å²) in [5, 5.41) is 9.58. The van der Waals surface area contributed by atoms with Crippen LogP contribution in [0.3, 0.4) is 0 Å². The molecule has 0 aromatic heterocycles. The maximum atomic E-state index is 12.0. The molecule has 1 amide bonds. The molecule has 1 N–H and O–H groups in total. The highest BCUT2D eigenvalue weighted by molar-refractivity contribution is 5.76. The predicted octanol–water partition coefficient (Wildman–Crippen LogP) is 3.16. The Labute approximate surface area is 128 Å². The molecule has 1 unspecified atom stereocenters. The van der Waals surface area contributed by atoms with Crippen LogP contribution in [0, 0.1) is 0 Å². The van der Waals surface area contributed by atoms with E-state index in [-0.39, 0.29) is 12.0 Å². The minimum absolute atomic E-state index is 0.219. The van der Waals surface area contributed by atoms with E-state index in [2.05, 4.69) is 24.3 Å². The van der Waals surface area contributed by atoms with Gasteiger partial charge in [-0.3, -0.25) is 4.79 Å². The largest absolute Gasteiger partial charge is 0.391 e. The highest BCUT2D eigenvalue weighted by Gasteiger charge is 2.21. The van der Waals surface area contributed by atoms with E-state index in [9.17, 15) is 9.90 Å². The molecular formula is C18H27NO2. The summed E-state index contributed by atoms with van der Waals surface area (Å²) in [4.78, 5) is 13.8. The number of benzene rings is 1. The van der Waals surface area contributed by atoms with Crippen molar-refractivity contribution < 1.29 is 9.90 Å². The Morgan fingerprint density at radius 2 is 1.90 bits per heavy atom. The lowest BCUT2D eigenvalue weighted by Crippen LogP contribution is -2.42. The molecule has 1 saturated heterocycles. The number of unbranched alkanes of at least 4 members (excludes halogenated alkanes) is 3. The molecule has 1 aliphatic heterocycles. The number of piperidine rings is 1. The van der Waals surface area contributed by atoms with Crippen LogP contribution in [-0.2, 0) is 11.2 Å². The van der Waals surface area contributed by atoms with Crippen molar-refractivity contribution in [1.82, 2.24) is 4.90 Å². The standard InChI is InChI=1S/C18H27NO2/c20-17-12-8-14-19(15-17)18(21)13-7-2-1-4-9-16-10-5-3-6-11-16/h3,5-6,10-11,17,20H,1-2,4,7-9,12-15H2. The zero-order valence-electron chi connectivity index (χ0n) is 12.8. The number of carbonyl (C=O) groups is 1. The van der Waals surface area contributed by atoms with Gasteiger partial charge < -0.3 is 10.0 Å². The molecule has 1 heterocycles. The summed E-state index contributed by atoms with van der Waals surface area (Å²) >= 11 is 0. The first-order chi connectivity index (χ1) is 10.3. The van der Waals surface area contributed by atoms with E-state index in [1.54, 1.807) is 0 Å². The van der Waals surface area contributed by atoms with Gasteiger partial charge in [0.05, 0.1) is 6.10 Å². The summed E-state index contributed by atoms with van der Waals surface area (Å²) in [7, 11) is 0. The summed E-state index contributed by atoms with van der Waals surface area (Å²) in [5.41, 5.74) is 1.40. The Bertz CT molecular complexity index is 418. The van der Waals surface area contributed by atoms with Crippen LogP contribution in [0.4, 0.5) is 0 Å². The topological polar surface area (TPSA) is 40.5 Å². The van der Waals surface area contributed by atoms with Gasteiger partial charge in [0.15, 0.2) is 0 Å². The van der Waals surface area contributed by atoms with Crippen molar-refractivity contribution in [1.29, 1.82) is 0 Å². The number of rotatable bonds is 7. The Balaban J connectivity index is 1.52. The molecule has 0 spiro atoms. The Morgan fingerprint density at radius 1 is 1.14 bits per heavy atom. The third-order valence-corrected chi connectivity index (χ3v) is 4.20. The molecule has 1 aromatic carbocycles. The Morgan fingerprint density at radius 3 is 2.67 bits per heavy atom. The van der Waals surface area contributed by atoms with E-state index < -0.39 is 0 Å². The van der Waals surface area contributed by atoms with Gasteiger partial charge in [-0.25, -0.2) is 0 Å². The van der Waals surface area contributed by atoms with E-state index in [1.165, 1.54) is 18.4 Å². The maximum absolute atomic E-state index is 12.0. The molecule has 0 bridgehead atoms. The molecule has 2 rings (SSSR count). The van der Waals surface area contributed by atoms with Crippen LogP contribution in [0.1, 0.15) is 50.5 Å². The quantitative estimate of drug-likeness (QED) is 0.783. The van der Waals surface area contributed by atoms with Crippen molar-refractivity contribution in [2.45, 2.75) is 57.5 Å². The third kappa shape index (κ3) is 5.88. The van der Waals surface area contributed by atoms with Crippen LogP contribution in [0.15, 0.2) is 30.3 Å². The number of aliphatic hydroxyl groups excluding tert-OH is 1. The number of aryl methyl sites for hydroxylation is 1. The fraction of sp³-hybridized carbons (Fsp3) is 0.611. The molecule has 21 heavy (non-hydrogen) atoms. The highest BCUT2D eigenvalue weighted by Crippen LogP contribution is 2.13. The second kappa shape index (κ2) is 8.83. The summed E-state index contributed by atoms with van der Waals surface area (Å²) in [6, 6.07) is 10.6. The van der Waals surface area contributed by atoms with Crippen LogP contribution in [-0.4, -0.2) is 35.1 Å². The lowest BCUT2D eigenvalue weighted by molar-refractivity contribution is -0.134. The summed E-state index contributed by atoms with van der Waals surface area (Å²) in [5.74, 6) is 0.219. The van der Waals surface area contributed by atoms with Gasteiger partial charge in [-0.1, -0.05) is 43.2 Å². The molecule has 1 aliphatic rings. The number of aliphatic hydroxyl groups is 1. The van der Waals surface area contributed by atoms with Gasteiger partial charge in [-0.15, -0.1) is 0 Å². The zero-order valence-corrected chi connectivity index (χ0v) is 12.8. The van der Waals surface area contributed by atoms with Gasteiger partial charge in [0.1, 0.15) is 0 Å². The number of amides is 1.